The van der Waals surface area contributed by atoms with Gasteiger partial charge in [0, 0.05) is 5.69 Å². The van der Waals surface area contributed by atoms with Gasteiger partial charge in [0.1, 0.15) is 0 Å². The number of nitrogens with one attached hydrogen (secondary N) is 1. The average Bonchev–Trinajstić information content (AvgIpc) is 3.03. The predicted molar refractivity (Wildman–Crippen MR) is 68.0 cm³/mol. The minimum atomic E-state index is -0.303. The zero-order valence-corrected chi connectivity index (χ0v) is 10.6. The largest absolute Gasteiger partial charge is 0.455 e. The van der Waals surface area contributed by atoms with Crippen molar-refractivity contribution in [1.82, 2.24) is 0 Å². The number of esters is 1. The van der Waals surface area contributed by atoms with Gasteiger partial charge in [-0.15, -0.1) is 0 Å². The lowest BCUT2D eigenvalue weighted by Gasteiger charge is -2.06. The molecule has 0 heterocycles. The van der Waals surface area contributed by atoms with Crippen LogP contribution >= 0.6 is 0 Å². The Morgan fingerprint density at radius 2 is 2.17 bits per heavy atom. The molecule has 1 aliphatic carbocycles. The zero-order chi connectivity index (χ0) is 13.1. The van der Waals surface area contributed by atoms with Gasteiger partial charge in [-0.25, -0.2) is 0 Å². The second kappa shape index (κ2) is 5.21. The summed E-state index contributed by atoms with van der Waals surface area (Å²) in [6, 6.07) is 7.48. The number of benzene rings is 1. The van der Waals surface area contributed by atoms with Crippen molar-refractivity contribution in [2.24, 2.45) is 11.8 Å². The summed E-state index contributed by atoms with van der Waals surface area (Å²) in [5.41, 5.74) is 1.78. The van der Waals surface area contributed by atoms with Crippen LogP contribution in [0, 0.1) is 18.8 Å². The standard InChI is InChI=1S/C14H17NO3/c1-9-4-3-5-11(6-9)15-13(16)8-18-14(17)12-7-10(12)2/h3-6,10,12H,7-8H2,1-2H3,(H,15,16)/t10-,12+/m0/s1. The van der Waals surface area contributed by atoms with E-state index in [2.05, 4.69) is 5.32 Å². The number of rotatable bonds is 4. The Hall–Kier alpha value is -1.84. The van der Waals surface area contributed by atoms with Crippen molar-refractivity contribution in [2.45, 2.75) is 20.3 Å². The number of amides is 1. The van der Waals surface area contributed by atoms with Gasteiger partial charge in [0.05, 0.1) is 5.92 Å². The van der Waals surface area contributed by atoms with Gasteiger partial charge in [-0.3, -0.25) is 9.59 Å². The number of carbonyl (C=O) groups excluding carboxylic acids is 2. The van der Waals surface area contributed by atoms with E-state index in [0.717, 1.165) is 17.7 Å². The average molecular weight is 247 g/mol. The third-order valence-electron chi connectivity index (χ3n) is 3.06. The van der Waals surface area contributed by atoms with Crippen LogP contribution in [0.25, 0.3) is 0 Å². The fourth-order valence-corrected chi connectivity index (χ4v) is 1.81. The molecule has 0 unspecified atom stereocenters. The molecule has 1 fully saturated rings. The van der Waals surface area contributed by atoms with E-state index in [1.807, 2.05) is 32.0 Å². The summed E-state index contributed by atoms with van der Waals surface area (Å²) in [7, 11) is 0. The number of hydrogen-bond acceptors (Lipinski definition) is 3. The number of anilines is 1. The molecule has 1 aromatic rings. The van der Waals surface area contributed by atoms with Crippen LogP contribution in [-0.2, 0) is 14.3 Å². The van der Waals surface area contributed by atoms with Crippen LogP contribution in [0.4, 0.5) is 5.69 Å². The van der Waals surface area contributed by atoms with Crippen molar-refractivity contribution in [3.05, 3.63) is 29.8 Å². The maximum Gasteiger partial charge on any atom is 0.309 e. The van der Waals surface area contributed by atoms with Gasteiger partial charge in [-0.2, -0.15) is 0 Å². The van der Waals surface area contributed by atoms with Gasteiger partial charge in [0.2, 0.25) is 0 Å². The molecule has 1 N–H and O–H groups in total. The molecule has 0 saturated heterocycles. The van der Waals surface area contributed by atoms with Gasteiger partial charge in [-0.05, 0) is 37.0 Å². The molecule has 0 aromatic heterocycles. The molecule has 1 amide bonds. The fraction of sp³-hybridized carbons (Fsp3) is 0.429. The first-order valence-electron chi connectivity index (χ1n) is 6.09. The number of hydrogen-bond donors (Lipinski definition) is 1. The van der Waals surface area contributed by atoms with Crippen molar-refractivity contribution in [2.75, 3.05) is 11.9 Å². The van der Waals surface area contributed by atoms with Crippen molar-refractivity contribution >= 4 is 17.6 Å². The molecular weight excluding hydrogens is 230 g/mol. The van der Waals surface area contributed by atoms with E-state index in [4.69, 9.17) is 4.74 Å². The molecule has 0 bridgehead atoms. The van der Waals surface area contributed by atoms with Crippen LogP contribution in [0.5, 0.6) is 0 Å². The lowest BCUT2D eigenvalue weighted by atomic mass is 10.2. The van der Waals surface area contributed by atoms with Crippen molar-refractivity contribution < 1.29 is 14.3 Å². The van der Waals surface area contributed by atoms with E-state index in [1.165, 1.54) is 0 Å². The Kier molecular flexibility index (Phi) is 3.65. The van der Waals surface area contributed by atoms with Gasteiger partial charge < -0.3 is 10.1 Å². The summed E-state index contributed by atoms with van der Waals surface area (Å²) >= 11 is 0. The maximum absolute atomic E-state index is 11.6. The molecule has 0 radical (unpaired) electrons. The summed E-state index contributed by atoms with van der Waals surface area (Å²) < 4.78 is 4.95. The molecule has 18 heavy (non-hydrogen) atoms. The first kappa shape index (κ1) is 12.6. The summed E-state index contributed by atoms with van der Waals surface area (Å²) in [4.78, 5) is 23.0. The molecule has 1 aliphatic rings. The van der Waals surface area contributed by atoms with Gasteiger partial charge in [-0.1, -0.05) is 19.1 Å². The highest BCUT2D eigenvalue weighted by Gasteiger charge is 2.40. The molecule has 2 atom stereocenters. The van der Waals surface area contributed by atoms with Gasteiger partial charge in [0.15, 0.2) is 6.61 Å². The first-order chi connectivity index (χ1) is 8.56. The van der Waals surface area contributed by atoms with Crippen molar-refractivity contribution in [1.29, 1.82) is 0 Å². The monoisotopic (exact) mass is 247 g/mol. The SMILES string of the molecule is Cc1cccc(NC(=O)COC(=O)[C@@H]2C[C@@H]2C)c1. The zero-order valence-electron chi connectivity index (χ0n) is 10.6. The second-order valence-corrected chi connectivity index (χ2v) is 4.84. The predicted octanol–water partition coefficient (Wildman–Crippen LogP) is 2.13. The fourth-order valence-electron chi connectivity index (χ4n) is 1.81. The van der Waals surface area contributed by atoms with Crippen molar-refractivity contribution in [3.63, 3.8) is 0 Å². The van der Waals surface area contributed by atoms with Crippen LogP contribution in [0.15, 0.2) is 24.3 Å². The number of carbonyl (C=O) groups is 2. The lowest BCUT2D eigenvalue weighted by Crippen LogP contribution is -2.21. The van der Waals surface area contributed by atoms with Crippen LogP contribution in [-0.4, -0.2) is 18.5 Å². The number of ether oxygens (including phenoxy) is 1. The van der Waals surface area contributed by atoms with Crippen LogP contribution < -0.4 is 5.32 Å². The topological polar surface area (TPSA) is 55.4 Å². The Morgan fingerprint density at radius 1 is 1.44 bits per heavy atom. The molecule has 1 aromatic carbocycles. The smallest absolute Gasteiger partial charge is 0.309 e. The third kappa shape index (κ3) is 3.32. The molecular formula is C14H17NO3. The molecule has 0 spiro atoms. The second-order valence-electron chi connectivity index (χ2n) is 4.84. The quantitative estimate of drug-likeness (QED) is 0.829. The molecule has 96 valence electrons. The Morgan fingerprint density at radius 3 is 2.78 bits per heavy atom. The van der Waals surface area contributed by atoms with Crippen LogP contribution in [0.2, 0.25) is 0 Å². The summed E-state index contributed by atoms with van der Waals surface area (Å²) in [6.07, 6.45) is 0.873. The van der Waals surface area contributed by atoms with E-state index in [1.54, 1.807) is 6.07 Å². The van der Waals surface area contributed by atoms with E-state index in [-0.39, 0.29) is 24.4 Å². The molecule has 1 saturated carbocycles. The minimum absolute atomic E-state index is 0.00299. The highest BCUT2D eigenvalue weighted by molar-refractivity contribution is 5.93. The summed E-state index contributed by atoms with van der Waals surface area (Å²) in [5, 5.41) is 2.69. The molecule has 4 nitrogen and oxygen atoms in total. The third-order valence-corrected chi connectivity index (χ3v) is 3.06. The molecule has 2 rings (SSSR count). The Bertz CT molecular complexity index is 470. The summed E-state index contributed by atoms with van der Waals surface area (Å²) in [5.74, 6) is -0.168. The molecule has 4 heteroatoms. The normalized spacial score (nSPS) is 21.2. The first-order valence-corrected chi connectivity index (χ1v) is 6.09. The van der Waals surface area contributed by atoms with E-state index < -0.39 is 0 Å². The van der Waals surface area contributed by atoms with E-state index in [9.17, 15) is 9.59 Å². The highest BCUT2D eigenvalue weighted by atomic mass is 16.5. The van der Waals surface area contributed by atoms with Crippen LogP contribution in [0.3, 0.4) is 0 Å². The lowest BCUT2D eigenvalue weighted by molar-refractivity contribution is -0.148. The van der Waals surface area contributed by atoms with Crippen molar-refractivity contribution in [3.8, 4) is 0 Å². The van der Waals surface area contributed by atoms with E-state index >= 15 is 0 Å². The molecule has 0 aliphatic heterocycles. The highest BCUT2D eigenvalue weighted by Crippen LogP contribution is 2.38. The number of aryl methyl sites for hydroxylation is 1. The Labute approximate surface area is 106 Å². The van der Waals surface area contributed by atoms with Crippen LogP contribution in [0.1, 0.15) is 18.9 Å². The maximum atomic E-state index is 11.6. The van der Waals surface area contributed by atoms with Gasteiger partial charge >= 0.3 is 5.97 Å². The summed E-state index contributed by atoms with van der Waals surface area (Å²) in [6.45, 7) is 3.74. The minimum Gasteiger partial charge on any atom is -0.455 e. The van der Waals surface area contributed by atoms with Gasteiger partial charge in [0.25, 0.3) is 5.91 Å². The Balaban J connectivity index is 1.77. The van der Waals surface area contributed by atoms with E-state index in [0.29, 0.717) is 5.92 Å².